The fourth-order valence-corrected chi connectivity index (χ4v) is 2.12. The lowest BCUT2D eigenvalue weighted by atomic mass is 10.1. The number of hydrogen-bond acceptors (Lipinski definition) is 6. The number of nitrogens with zero attached hydrogens (tertiary/aromatic N) is 4. The van der Waals surface area contributed by atoms with E-state index in [4.69, 9.17) is 10.5 Å². The van der Waals surface area contributed by atoms with Crippen LogP contribution in [0.4, 0.5) is 11.8 Å². The molecule has 7 heteroatoms. The lowest BCUT2D eigenvalue weighted by Gasteiger charge is -2.07. The minimum atomic E-state index is 0.350. The van der Waals surface area contributed by atoms with Crippen molar-refractivity contribution in [3.8, 4) is 5.75 Å². The molecule has 0 radical (unpaired) electrons. The van der Waals surface area contributed by atoms with Gasteiger partial charge in [-0.05, 0) is 24.1 Å². The van der Waals surface area contributed by atoms with Crippen molar-refractivity contribution in [3.05, 3.63) is 42.2 Å². The largest absolute Gasteiger partial charge is 0.497 e. The monoisotopic (exact) mass is 284 g/mol. The van der Waals surface area contributed by atoms with Crippen molar-refractivity contribution in [2.45, 2.75) is 6.42 Å². The highest BCUT2D eigenvalue weighted by Gasteiger charge is 2.07. The molecule has 3 aromatic rings. The maximum atomic E-state index is 5.72. The molecule has 0 bridgehead atoms. The first-order valence-corrected chi connectivity index (χ1v) is 6.60. The maximum absolute atomic E-state index is 5.72. The molecule has 108 valence electrons. The van der Waals surface area contributed by atoms with Gasteiger partial charge in [0.05, 0.1) is 7.11 Å². The molecular formula is C14H16N6O. The van der Waals surface area contributed by atoms with Gasteiger partial charge in [0.2, 0.25) is 11.6 Å². The summed E-state index contributed by atoms with van der Waals surface area (Å²) in [6.07, 6.45) is 4.25. The number of nitrogens with one attached hydrogen (secondary N) is 1. The first kappa shape index (κ1) is 13.2. The molecule has 1 aromatic carbocycles. The van der Waals surface area contributed by atoms with Crippen molar-refractivity contribution in [3.63, 3.8) is 0 Å². The average Bonchev–Trinajstić information content (AvgIpc) is 2.90. The third-order valence-corrected chi connectivity index (χ3v) is 3.19. The number of methoxy groups -OCH3 is 1. The van der Waals surface area contributed by atoms with E-state index in [1.807, 2.05) is 18.2 Å². The third kappa shape index (κ3) is 2.71. The molecule has 0 spiro atoms. The normalized spacial score (nSPS) is 10.7. The van der Waals surface area contributed by atoms with Crippen molar-refractivity contribution in [1.82, 2.24) is 19.6 Å². The lowest BCUT2D eigenvalue weighted by molar-refractivity contribution is 0.414. The molecule has 3 rings (SSSR count). The second-order valence-electron chi connectivity index (χ2n) is 4.56. The molecular weight excluding hydrogens is 268 g/mol. The third-order valence-electron chi connectivity index (χ3n) is 3.19. The van der Waals surface area contributed by atoms with E-state index in [-0.39, 0.29) is 0 Å². The minimum absolute atomic E-state index is 0.350. The van der Waals surface area contributed by atoms with Gasteiger partial charge in [0, 0.05) is 18.9 Å². The predicted molar refractivity (Wildman–Crippen MR) is 80.4 cm³/mol. The predicted octanol–water partition coefficient (Wildman–Crippen LogP) is 1.37. The van der Waals surface area contributed by atoms with E-state index in [9.17, 15) is 0 Å². The van der Waals surface area contributed by atoms with Crippen LogP contribution < -0.4 is 15.8 Å². The van der Waals surface area contributed by atoms with Gasteiger partial charge in [0.1, 0.15) is 5.75 Å². The van der Waals surface area contributed by atoms with Crippen molar-refractivity contribution in [2.75, 3.05) is 24.7 Å². The second kappa shape index (κ2) is 5.66. The van der Waals surface area contributed by atoms with Gasteiger partial charge in [-0.3, -0.25) is 4.40 Å². The van der Waals surface area contributed by atoms with Crippen LogP contribution in [0, 0.1) is 0 Å². The molecule has 21 heavy (non-hydrogen) atoms. The Labute approximate surface area is 121 Å². The molecule has 0 amide bonds. The number of anilines is 2. The summed E-state index contributed by atoms with van der Waals surface area (Å²) >= 11 is 0. The molecule has 2 heterocycles. The quantitative estimate of drug-likeness (QED) is 0.735. The molecule has 0 aliphatic carbocycles. The number of rotatable bonds is 5. The van der Waals surface area contributed by atoms with Gasteiger partial charge in [0.25, 0.3) is 0 Å². The van der Waals surface area contributed by atoms with E-state index < -0.39 is 0 Å². The molecule has 0 aliphatic rings. The Morgan fingerprint density at radius 1 is 1.33 bits per heavy atom. The van der Waals surface area contributed by atoms with Crippen LogP contribution in [0.5, 0.6) is 5.75 Å². The molecule has 7 nitrogen and oxygen atoms in total. The number of ether oxygens (including phenoxy) is 1. The summed E-state index contributed by atoms with van der Waals surface area (Å²) < 4.78 is 6.91. The Balaban J connectivity index is 1.69. The fourth-order valence-electron chi connectivity index (χ4n) is 2.12. The zero-order chi connectivity index (χ0) is 14.7. The Morgan fingerprint density at radius 2 is 2.24 bits per heavy atom. The lowest BCUT2D eigenvalue weighted by Crippen LogP contribution is -2.08. The van der Waals surface area contributed by atoms with Crippen LogP contribution in [0.1, 0.15) is 5.56 Å². The van der Waals surface area contributed by atoms with Crippen LogP contribution >= 0.6 is 0 Å². The minimum Gasteiger partial charge on any atom is -0.497 e. The maximum Gasteiger partial charge on any atom is 0.226 e. The number of aromatic nitrogens is 4. The molecule has 3 N–H and O–H groups in total. The Kier molecular flexibility index (Phi) is 3.55. The number of nitrogen functional groups attached to an aromatic ring is 1. The standard InChI is InChI=1S/C14H16N6O/c1-21-11-4-2-3-10(9-11)5-6-16-12-13-18-19-14(15)20(13)8-7-17-12/h2-4,7-9H,5-6H2,1H3,(H2,15,19)(H,16,17). The molecule has 0 fully saturated rings. The SMILES string of the molecule is COc1cccc(CCNc2nccn3c(N)nnc23)c1. The number of benzene rings is 1. The second-order valence-corrected chi connectivity index (χ2v) is 4.56. The van der Waals surface area contributed by atoms with Crippen LogP contribution in [0.25, 0.3) is 5.65 Å². The summed E-state index contributed by atoms with van der Waals surface area (Å²) in [5.41, 5.74) is 7.53. The van der Waals surface area contributed by atoms with Crippen molar-refractivity contribution in [1.29, 1.82) is 0 Å². The van der Waals surface area contributed by atoms with Crippen LogP contribution in [-0.2, 0) is 6.42 Å². The number of fused-ring (bicyclic) bond motifs is 1. The van der Waals surface area contributed by atoms with Gasteiger partial charge in [-0.25, -0.2) is 4.98 Å². The van der Waals surface area contributed by atoms with E-state index in [1.165, 1.54) is 5.56 Å². The number of hydrogen-bond donors (Lipinski definition) is 2. The first-order valence-electron chi connectivity index (χ1n) is 6.60. The van der Waals surface area contributed by atoms with Crippen molar-refractivity contribution >= 4 is 17.4 Å². The highest BCUT2D eigenvalue weighted by Crippen LogP contribution is 2.15. The topological polar surface area (TPSA) is 90.4 Å². The van der Waals surface area contributed by atoms with Crippen LogP contribution in [0.15, 0.2) is 36.7 Å². The van der Waals surface area contributed by atoms with Crippen LogP contribution in [0.3, 0.4) is 0 Å². The average molecular weight is 284 g/mol. The van der Waals surface area contributed by atoms with Crippen molar-refractivity contribution < 1.29 is 4.74 Å². The molecule has 0 atom stereocenters. The molecule has 0 saturated carbocycles. The van der Waals surface area contributed by atoms with Gasteiger partial charge >= 0.3 is 0 Å². The summed E-state index contributed by atoms with van der Waals surface area (Å²) in [5, 5.41) is 11.1. The van der Waals surface area contributed by atoms with Gasteiger partial charge in [-0.1, -0.05) is 12.1 Å². The highest BCUT2D eigenvalue weighted by molar-refractivity contribution is 5.63. The van der Waals surface area contributed by atoms with Crippen LogP contribution in [-0.4, -0.2) is 33.2 Å². The first-order chi connectivity index (χ1) is 10.3. The van der Waals surface area contributed by atoms with Crippen LogP contribution in [0.2, 0.25) is 0 Å². The fraction of sp³-hybridized carbons (Fsp3) is 0.214. The smallest absolute Gasteiger partial charge is 0.226 e. The van der Waals surface area contributed by atoms with E-state index in [2.05, 4.69) is 26.6 Å². The van der Waals surface area contributed by atoms with E-state index in [1.54, 1.807) is 23.9 Å². The highest BCUT2D eigenvalue weighted by atomic mass is 16.5. The van der Waals surface area contributed by atoms with E-state index in [0.29, 0.717) is 17.4 Å². The molecule has 0 aliphatic heterocycles. The summed E-state index contributed by atoms with van der Waals surface area (Å²) in [4.78, 5) is 4.27. The van der Waals surface area contributed by atoms with Gasteiger partial charge < -0.3 is 15.8 Å². The van der Waals surface area contributed by atoms with Gasteiger partial charge in [0.15, 0.2) is 5.82 Å². The zero-order valence-electron chi connectivity index (χ0n) is 11.7. The molecule has 0 unspecified atom stereocenters. The Hall–Kier alpha value is -2.83. The van der Waals surface area contributed by atoms with E-state index in [0.717, 1.165) is 18.7 Å². The van der Waals surface area contributed by atoms with Gasteiger partial charge in [-0.15, -0.1) is 10.2 Å². The number of nitrogens with two attached hydrogens (primary N) is 1. The summed E-state index contributed by atoms with van der Waals surface area (Å²) in [7, 11) is 1.66. The Morgan fingerprint density at radius 3 is 3.10 bits per heavy atom. The molecule has 0 saturated heterocycles. The Bertz CT molecular complexity index is 754. The summed E-state index contributed by atoms with van der Waals surface area (Å²) in [5.74, 6) is 1.88. The molecule has 2 aromatic heterocycles. The van der Waals surface area contributed by atoms with Gasteiger partial charge in [-0.2, -0.15) is 0 Å². The summed E-state index contributed by atoms with van der Waals surface area (Å²) in [6, 6.07) is 7.99. The van der Waals surface area contributed by atoms with E-state index >= 15 is 0 Å². The zero-order valence-corrected chi connectivity index (χ0v) is 11.7. The summed E-state index contributed by atoms with van der Waals surface area (Å²) in [6.45, 7) is 0.729. The van der Waals surface area contributed by atoms with Crippen molar-refractivity contribution in [2.24, 2.45) is 0 Å².